The van der Waals surface area contributed by atoms with Crippen LogP contribution in [0.2, 0.25) is 0 Å². The SMILES string of the molecule is N#Cc1cc(-n2c3ccccc3c3cc(C#N)ccc32)cc(-n2c3ccccc3c3cc4c(cc32)oc2ccccc24)c1. The van der Waals surface area contributed by atoms with Crippen molar-refractivity contribution in [2.24, 2.45) is 0 Å². The first-order chi connectivity index (χ1) is 21.2. The number of fused-ring (bicyclic) bond motifs is 9. The molecule has 0 spiro atoms. The Kier molecular flexibility index (Phi) is 4.68. The van der Waals surface area contributed by atoms with Crippen molar-refractivity contribution in [3.05, 3.63) is 132 Å². The predicted octanol–water partition coefficient (Wildman–Crippen LogP) is 9.52. The Labute approximate surface area is 245 Å². The second-order valence-corrected chi connectivity index (χ2v) is 10.9. The highest BCUT2D eigenvalue weighted by Crippen LogP contribution is 2.39. The summed E-state index contributed by atoms with van der Waals surface area (Å²) in [5.74, 6) is 0. The van der Waals surface area contributed by atoms with E-state index in [1.54, 1.807) is 0 Å². The third-order valence-electron chi connectivity index (χ3n) is 8.52. The van der Waals surface area contributed by atoms with Gasteiger partial charge in [0, 0.05) is 49.8 Å². The van der Waals surface area contributed by atoms with Crippen LogP contribution >= 0.6 is 0 Å². The van der Waals surface area contributed by atoms with E-state index in [-0.39, 0.29) is 0 Å². The first-order valence-electron chi connectivity index (χ1n) is 14.1. The molecule has 0 fully saturated rings. The molecule has 0 saturated carbocycles. The average Bonchev–Trinajstić information content (AvgIpc) is 3.70. The maximum atomic E-state index is 10.2. The fourth-order valence-corrected chi connectivity index (χ4v) is 6.70. The van der Waals surface area contributed by atoms with E-state index in [1.165, 1.54) is 0 Å². The van der Waals surface area contributed by atoms with Crippen molar-refractivity contribution in [3.63, 3.8) is 0 Å². The molecule has 9 aromatic rings. The van der Waals surface area contributed by atoms with Crippen LogP contribution in [0.5, 0.6) is 0 Å². The van der Waals surface area contributed by atoms with Gasteiger partial charge in [0.05, 0.1) is 45.3 Å². The zero-order valence-electron chi connectivity index (χ0n) is 22.7. The molecule has 0 radical (unpaired) electrons. The Morgan fingerprint density at radius 3 is 1.70 bits per heavy atom. The van der Waals surface area contributed by atoms with Crippen LogP contribution in [0.25, 0.3) is 76.9 Å². The Balaban J connectivity index is 1.38. The molecule has 0 aliphatic rings. The summed E-state index contributed by atoms with van der Waals surface area (Å²) in [7, 11) is 0. The molecule has 0 aliphatic carbocycles. The number of nitriles is 2. The van der Waals surface area contributed by atoms with Crippen LogP contribution in [0.15, 0.2) is 126 Å². The number of para-hydroxylation sites is 3. The normalized spacial score (nSPS) is 11.7. The summed E-state index contributed by atoms with van der Waals surface area (Å²) in [5.41, 5.74) is 8.67. The summed E-state index contributed by atoms with van der Waals surface area (Å²) in [4.78, 5) is 0. The lowest BCUT2D eigenvalue weighted by Gasteiger charge is -2.14. The quantitative estimate of drug-likeness (QED) is 0.216. The lowest BCUT2D eigenvalue weighted by molar-refractivity contribution is 0.669. The molecule has 6 aromatic carbocycles. The molecule has 0 bridgehead atoms. The molecular weight excluding hydrogens is 528 g/mol. The molecule has 5 heteroatoms. The Bertz CT molecular complexity index is 2710. The lowest BCUT2D eigenvalue weighted by Crippen LogP contribution is -2.00. The molecule has 0 N–H and O–H groups in total. The third kappa shape index (κ3) is 3.25. The van der Waals surface area contributed by atoms with Gasteiger partial charge in [0.25, 0.3) is 0 Å². The van der Waals surface area contributed by atoms with Crippen LogP contribution in [0.1, 0.15) is 11.1 Å². The first-order valence-corrected chi connectivity index (χ1v) is 14.1. The summed E-state index contributed by atoms with van der Waals surface area (Å²) in [6, 6.07) is 45.5. The van der Waals surface area contributed by atoms with Crippen molar-refractivity contribution in [2.75, 3.05) is 0 Å². The largest absolute Gasteiger partial charge is 0.456 e. The Morgan fingerprint density at radius 2 is 1.00 bits per heavy atom. The number of hydrogen-bond acceptors (Lipinski definition) is 3. The standard InChI is InChI=1S/C38H20N4O/c39-21-23-13-14-35-30(17-23)27-7-1-4-10-33(27)41(35)25-15-24(22-40)16-26(18-25)42-34-11-5-2-8-28(34)31-19-32-29-9-3-6-12-37(29)43-38(32)20-36(31)42/h1-20H. The second kappa shape index (κ2) is 8.60. The zero-order chi connectivity index (χ0) is 28.7. The minimum atomic E-state index is 0.558. The Morgan fingerprint density at radius 1 is 0.419 bits per heavy atom. The van der Waals surface area contributed by atoms with Crippen LogP contribution in [-0.2, 0) is 0 Å². The molecule has 9 rings (SSSR count). The summed E-state index contributed by atoms with van der Waals surface area (Å²) in [6.07, 6.45) is 0. The van der Waals surface area contributed by atoms with Crippen molar-refractivity contribution < 1.29 is 4.42 Å². The number of furan rings is 1. The zero-order valence-corrected chi connectivity index (χ0v) is 22.7. The van der Waals surface area contributed by atoms with Gasteiger partial charge in [-0.2, -0.15) is 10.5 Å². The molecule has 0 atom stereocenters. The minimum absolute atomic E-state index is 0.558. The molecule has 3 heterocycles. The number of nitrogens with zero attached hydrogens (tertiary/aromatic N) is 4. The van der Waals surface area contributed by atoms with E-state index < -0.39 is 0 Å². The van der Waals surface area contributed by atoms with E-state index in [9.17, 15) is 10.5 Å². The second-order valence-electron chi connectivity index (χ2n) is 10.9. The van der Waals surface area contributed by atoms with Gasteiger partial charge in [0.15, 0.2) is 0 Å². The van der Waals surface area contributed by atoms with Crippen LogP contribution in [0.3, 0.4) is 0 Å². The van der Waals surface area contributed by atoms with E-state index in [0.29, 0.717) is 11.1 Å². The highest BCUT2D eigenvalue weighted by atomic mass is 16.3. The molecule has 0 saturated heterocycles. The summed E-state index contributed by atoms with van der Waals surface area (Å²) in [6.45, 7) is 0. The van der Waals surface area contributed by atoms with E-state index in [2.05, 4.69) is 75.9 Å². The Hall–Kier alpha value is -6.30. The fourth-order valence-electron chi connectivity index (χ4n) is 6.70. The third-order valence-corrected chi connectivity index (χ3v) is 8.52. The fraction of sp³-hybridized carbons (Fsp3) is 0. The van der Waals surface area contributed by atoms with Crippen LogP contribution in [0, 0.1) is 22.7 Å². The number of rotatable bonds is 2. The summed E-state index contributed by atoms with van der Waals surface area (Å²) >= 11 is 0. The average molecular weight is 549 g/mol. The van der Waals surface area contributed by atoms with E-state index in [0.717, 1.165) is 76.9 Å². The van der Waals surface area contributed by atoms with Crippen LogP contribution in [0.4, 0.5) is 0 Å². The minimum Gasteiger partial charge on any atom is -0.456 e. The van der Waals surface area contributed by atoms with Gasteiger partial charge in [-0.1, -0.05) is 54.6 Å². The van der Waals surface area contributed by atoms with E-state index in [4.69, 9.17) is 4.42 Å². The van der Waals surface area contributed by atoms with Gasteiger partial charge >= 0.3 is 0 Å². The summed E-state index contributed by atoms with van der Waals surface area (Å²) in [5, 5.41) is 26.3. The molecule has 43 heavy (non-hydrogen) atoms. The van der Waals surface area contributed by atoms with Crippen molar-refractivity contribution in [3.8, 4) is 23.5 Å². The van der Waals surface area contributed by atoms with Gasteiger partial charge in [-0.05, 0) is 60.7 Å². The number of aromatic nitrogens is 2. The number of hydrogen-bond donors (Lipinski definition) is 0. The molecule has 0 unspecified atom stereocenters. The van der Waals surface area contributed by atoms with Crippen molar-refractivity contribution in [1.82, 2.24) is 9.13 Å². The van der Waals surface area contributed by atoms with Gasteiger partial charge in [0.2, 0.25) is 0 Å². The van der Waals surface area contributed by atoms with Gasteiger partial charge < -0.3 is 13.6 Å². The van der Waals surface area contributed by atoms with Crippen molar-refractivity contribution in [2.45, 2.75) is 0 Å². The molecule has 5 nitrogen and oxygen atoms in total. The van der Waals surface area contributed by atoms with Crippen molar-refractivity contribution in [1.29, 1.82) is 10.5 Å². The maximum Gasteiger partial charge on any atom is 0.137 e. The van der Waals surface area contributed by atoms with Gasteiger partial charge in [0.1, 0.15) is 11.2 Å². The molecule has 3 aromatic heterocycles. The van der Waals surface area contributed by atoms with E-state index in [1.807, 2.05) is 66.7 Å². The van der Waals surface area contributed by atoms with Crippen molar-refractivity contribution >= 4 is 65.6 Å². The molecular formula is C38H20N4O. The molecule has 198 valence electrons. The first kappa shape index (κ1) is 23.4. The smallest absolute Gasteiger partial charge is 0.137 e. The van der Waals surface area contributed by atoms with E-state index >= 15 is 0 Å². The molecule has 0 amide bonds. The molecule has 0 aliphatic heterocycles. The van der Waals surface area contributed by atoms with Gasteiger partial charge in [-0.15, -0.1) is 0 Å². The topological polar surface area (TPSA) is 70.6 Å². The maximum absolute atomic E-state index is 10.2. The van der Waals surface area contributed by atoms with Crippen LogP contribution < -0.4 is 0 Å². The highest BCUT2D eigenvalue weighted by molar-refractivity contribution is 6.17. The lowest BCUT2D eigenvalue weighted by atomic mass is 10.1. The predicted molar refractivity (Wildman–Crippen MR) is 172 cm³/mol. The van der Waals surface area contributed by atoms with Crippen LogP contribution in [-0.4, -0.2) is 9.13 Å². The van der Waals surface area contributed by atoms with Gasteiger partial charge in [-0.3, -0.25) is 0 Å². The van der Waals surface area contributed by atoms with Gasteiger partial charge in [-0.25, -0.2) is 0 Å². The number of benzene rings is 6. The summed E-state index contributed by atoms with van der Waals surface area (Å²) < 4.78 is 10.7. The monoisotopic (exact) mass is 548 g/mol. The highest BCUT2D eigenvalue weighted by Gasteiger charge is 2.19.